The first-order valence-corrected chi connectivity index (χ1v) is 9.72. The van der Waals surface area contributed by atoms with Crippen molar-refractivity contribution in [3.8, 4) is 11.5 Å². The normalized spacial score (nSPS) is 14.9. The Hall–Kier alpha value is -2.54. The number of nitrogens with two attached hydrogens (primary N) is 1. The Kier molecular flexibility index (Phi) is 6.57. The Bertz CT molecular complexity index is 804. The first-order chi connectivity index (χ1) is 13.5. The summed E-state index contributed by atoms with van der Waals surface area (Å²) in [4.78, 5) is 8.70. The lowest BCUT2D eigenvalue weighted by Gasteiger charge is -2.25. The number of methoxy groups -OCH3 is 2. The van der Waals surface area contributed by atoms with E-state index in [2.05, 4.69) is 35.2 Å². The Morgan fingerprint density at radius 2 is 1.82 bits per heavy atom. The SMILES string of the molecule is COc1cc(Cc2cnc(N)nc2NC2CCOCC2)c(C(C)C)cc1OC. The summed E-state index contributed by atoms with van der Waals surface area (Å²) in [6.07, 6.45) is 4.40. The molecule has 0 saturated carbocycles. The average Bonchev–Trinajstić information content (AvgIpc) is 2.70. The van der Waals surface area contributed by atoms with Gasteiger partial charge in [-0.2, -0.15) is 4.98 Å². The second-order valence-corrected chi connectivity index (χ2v) is 7.37. The van der Waals surface area contributed by atoms with E-state index in [-0.39, 0.29) is 5.95 Å². The molecule has 7 heteroatoms. The van der Waals surface area contributed by atoms with E-state index in [1.165, 1.54) is 5.56 Å². The van der Waals surface area contributed by atoms with Crippen LogP contribution in [0.5, 0.6) is 11.5 Å². The van der Waals surface area contributed by atoms with E-state index in [0.29, 0.717) is 18.4 Å². The lowest BCUT2D eigenvalue weighted by atomic mass is 9.92. The Balaban J connectivity index is 1.94. The summed E-state index contributed by atoms with van der Waals surface area (Å²) in [5, 5.41) is 3.54. The molecule has 1 aromatic carbocycles. The minimum atomic E-state index is 0.273. The van der Waals surface area contributed by atoms with Crippen molar-refractivity contribution in [2.75, 3.05) is 38.5 Å². The molecular formula is C21H30N4O3. The number of nitrogens with zero attached hydrogens (tertiary/aromatic N) is 2. The lowest BCUT2D eigenvalue weighted by molar-refractivity contribution is 0.0903. The van der Waals surface area contributed by atoms with Crippen LogP contribution >= 0.6 is 0 Å². The summed E-state index contributed by atoms with van der Waals surface area (Å²) in [6, 6.07) is 4.43. The van der Waals surface area contributed by atoms with Gasteiger partial charge in [0.05, 0.1) is 14.2 Å². The third-order valence-electron chi connectivity index (χ3n) is 5.09. The van der Waals surface area contributed by atoms with Gasteiger partial charge in [-0.25, -0.2) is 4.98 Å². The van der Waals surface area contributed by atoms with Crippen molar-refractivity contribution in [1.29, 1.82) is 0 Å². The molecule has 3 N–H and O–H groups in total. The van der Waals surface area contributed by atoms with Crippen LogP contribution in [-0.2, 0) is 11.2 Å². The topological polar surface area (TPSA) is 91.5 Å². The van der Waals surface area contributed by atoms with Gasteiger partial charge in [-0.1, -0.05) is 13.8 Å². The maximum Gasteiger partial charge on any atom is 0.221 e. The summed E-state index contributed by atoms with van der Waals surface area (Å²) in [6.45, 7) is 5.87. The maximum absolute atomic E-state index is 5.86. The van der Waals surface area contributed by atoms with Crippen LogP contribution in [0.15, 0.2) is 18.3 Å². The summed E-state index contributed by atoms with van der Waals surface area (Å²) in [5.74, 6) is 2.87. The van der Waals surface area contributed by atoms with Gasteiger partial charge < -0.3 is 25.3 Å². The number of rotatable bonds is 7. The van der Waals surface area contributed by atoms with Gasteiger partial charge >= 0.3 is 0 Å². The van der Waals surface area contributed by atoms with Crippen LogP contribution in [0.1, 0.15) is 49.3 Å². The number of ether oxygens (including phenoxy) is 3. The molecule has 1 aliphatic heterocycles. The summed E-state index contributed by atoms with van der Waals surface area (Å²) >= 11 is 0. The number of nitrogen functional groups attached to an aromatic ring is 1. The Morgan fingerprint density at radius 1 is 1.14 bits per heavy atom. The molecule has 0 aliphatic carbocycles. The van der Waals surface area contributed by atoms with Crippen LogP contribution in [0, 0.1) is 0 Å². The standard InChI is InChI=1S/C21H30N4O3/c1-13(2)17-11-19(27-4)18(26-3)10-14(17)9-15-12-23-21(22)25-20(15)24-16-5-7-28-8-6-16/h10-13,16H,5-9H2,1-4H3,(H3,22,23,24,25). The second-order valence-electron chi connectivity index (χ2n) is 7.37. The highest BCUT2D eigenvalue weighted by Crippen LogP contribution is 2.35. The van der Waals surface area contributed by atoms with Crippen molar-refractivity contribution in [2.24, 2.45) is 0 Å². The van der Waals surface area contributed by atoms with Crippen molar-refractivity contribution in [1.82, 2.24) is 9.97 Å². The molecule has 0 spiro atoms. The highest BCUT2D eigenvalue weighted by atomic mass is 16.5. The first kappa shape index (κ1) is 20.2. The Labute approximate surface area is 166 Å². The van der Waals surface area contributed by atoms with Crippen molar-refractivity contribution in [2.45, 2.75) is 45.1 Å². The fourth-order valence-corrected chi connectivity index (χ4v) is 3.54. The van der Waals surface area contributed by atoms with Crippen LogP contribution in [0.4, 0.5) is 11.8 Å². The zero-order chi connectivity index (χ0) is 20.1. The van der Waals surface area contributed by atoms with E-state index in [1.54, 1.807) is 14.2 Å². The fraction of sp³-hybridized carbons (Fsp3) is 0.524. The van der Waals surface area contributed by atoms with Gasteiger partial charge in [0.15, 0.2) is 11.5 Å². The van der Waals surface area contributed by atoms with Gasteiger partial charge in [0.1, 0.15) is 5.82 Å². The molecule has 1 saturated heterocycles. The predicted molar refractivity (Wildman–Crippen MR) is 110 cm³/mol. The molecule has 3 rings (SSSR count). The summed E-state index contributed by atoms with van der Waals surface area (Å²) in [7, 11) is 3.31. The molecule has 2 aromatic rings. The Morgan fingerprint density at radius 3 is 2.46 bits per heavy atom. The monoisotopic (exact) mass is 386 g/mol. The van der Waals surface area contributed by atoms with E-state index in [9.17, 15) is 0 Å². The zero-order valence-corrected chi connectivity index (χ0v) is 17.1. The number of anilines is 2. The quantitative estimate of drug-likeness (QED) is 0.754. The maximum atomic E-state index is 5.86. The summed E-state index contributed by atoms with van der Waals surface area (Å²) < 4.78 is 16.4. The molecule has 152 valence electrons. The molecule has 0 amide bonds. The highest BCUT2D eigenvalue weighted by Gasteiger charge is 2.19. The first-order valence-electron chi connectivity index (χ1n) is 9.72. The lowest BCUT2D eigenvalue weighted by Crippen LogP contribution is -2.29. The van der Waals surface area contributed by atoms with Crippen molar-refractivity contribution in [3.63, 3.8) is 0 Å². The average molecular weight is 386 g/mol. The van der Waals surface area contributed by atoms with Crippen molar-refractivity contribution < 1.29 is 14.2 Å². The number of nitrogens with one attached hydrogen (secondary N) is 1. The molecule has 28 heavy (non-hydrogen) atoms. The number of benzene rings is 1. The van der Waals surface area contributed by atoms with Crippen LogP contribution in [0.2, 0.25) is 0 Å². The van der Waals surface area contributed by atoms with Crippen LogP contribution in [0.25, 0.3) is 0 Å². The third kappa shape index (κ3) is 4.65. The van der Waals surface area contributed by atoms with Gasteiger partial charge in [0, 0.05) is 37.4 Å². The van der Waals surface area contributed by atoms with Gasteiger partial charge in [0.25, 0.3) is 0 Å². The van der Waals surface area contributed by atoms with E-state index in [0.717, 1.165) is 54.5 Å². The molecule has 7 nitrogen and oxygen atoms in total. The summed E-state index contributed by atoms with van der Waals surface area (Å²) in [5.41, 5.74) is 9.25. The van der Waals surface area contributed by atoms with Crippen molar-refractivity contribution >= 4 is 11.8 Å². The third-order valence-corrected chi connectivity index (χ3v) is 5.09. The zero-order valence-electron chi connectivity index (χ0n) is 17.1. The van der Waals surface area contributed by atoms with Crippen LogP contribution < -0.4 is 20.5 Å². The molecule has 0 unspecified atom stereocenters. The van der Waals surface area contributed by atoms with Crippen LogP contribution in [-0.4, -0.2) is 43.4 Å². The molecule has 0 atom stereocenters. The minimum absolute atomic E-state index is 0.273. The van der Waals surface area contributed by atoms with E-state index < -0.39 is 0 Å². The van der Waals surface area contributed by atoms with Gasteiger partial charge in [-0.05, 0) is 42.0 Å². The number of hydrogen-bond acceptors (Lipinski definition) is 7. The molecule has 0 radical (unpaired) electrons. The fourth-order valence-electron chi connectivity index (χ4n) is 3.54. The smallest absolute Gasteiger partial charge is 0.221 e. The molecular weight excluding hydrogens is 356 g/mol. The molecule has 0 bridgehead atoms. The molecule has 1 aromatic heterocycles. The van der Waals surface area contributed by atoms with E-state index in [4.69, 9.17) is 19.9 Å². The largest absolute Gasteiger partial charge is 0.493 e. The van der Waals surface area contributed by atoms with Gasteiger partial charge in [0.2, 0.25) is 5.95 Å². The van der Waals surface area contributed by atoms with E-state index >= 15 is 0 Å². The van der Waals surface area contributed by atoms with Gasteiger partial charge in [-0.15, -0.1) is 0 Å². The minimum Gasteiger partial charge on any atom is -0.493 e. The highest BCUT2D eigenvalue weighted by molar-refractivity contribution is 5.53. The molecule has 1 fully saturated rings. The van der Waals surface area contributed by atoms with Crippen molar-refractivity contribution in [3.05, 3.63) is 35.0 Å². The predicted octanol–water partition coefficient (Wildman–Crippen LogP) is 3.38. The van der Waals surface area contributed by atoms with Crippen LogP contribution in [0.3, 0.4) is 0 Å². The number of aromatic nitrogens is 2. The van der Waals surface area contributed by atoms with Gasteiger partial charge in [-0.3, -0.25) is 0 Å². The molecule has 2 heterocycles. The second kappa shape index (κ2) is 9.10. The van der Waals surface area contributed by atoms with E-state index in [1.807, 2.05) is 12.3 Å². The number of hydrogen-bond donors (Lipinski definition) is 2. The molecule has 1 aliphatic rings.